The number of hydrogen-bond acceptors (Lipinski definition) is 2. The number of carbonyl (C=O) groups excluding carboxylic acids is 1. The second-order valence-electron chi connectivity index (χ2n) is 3.43. The fourth-order valence-electron chi connectivity index (χ4n) is 1.22. The zero-order chi connectivity index (χ0) is 10.7. The molecule has 0 saturated carbocycles. The van der Waals surface area contributed by atoms with E-state index in [0.717, 1.165) is 5.56 Å². The first-order valence-electron chi connectivity index (χ1n) is 4.48. The van der Waals surface area contributed by atoms with E-state index >= 15 is 0 Å². The molecule has 2 nitrogen and oxygen atoms in total. The second kappa shape index (κ2) is 4.47. The molecule has 0 amide bonds. The Bertz CT molecular complexity index is 345. The van der Waals surface area contributed by atoms with Crippen LogP contribution in [0.3, 0.4) is 0 Å². The molecule has 0 fully saturated rings. The van der Waals surface area contributed by atoms with Crippen molar-refractivity contribution in [1.82, 2.24) is 0 Å². The third kappa shape index (κ3) is 2.74. The molecule has 1 rings (SSSR count). The Kier molecular flexibility index (Phi) is 3.53. The summed E-state index contributed by atoms with van der Waals surface area (Å²) in [4.78, 5) is 10.8. The van der Waals surface area contributed by atoms with Gasteiger partial charge in [-0.15, -0.1) is 0 Å². The summed E-state index contributed by atoms with van der Waals surface area (Å²) < 4.78 is 5.06. The van der Waals surface area contributed by atoms with Crippen LogP contribution in [0, 0.1) is 0 Å². The average molecular weight is 213 g/mol. The summed E-state index contributed by atoms with van der Waals surface area (Å²) >= 11 is 5.86. The first-order chi connectivity index (χ1) is 6.50. The van der Waals surface area contributed by atoms with Crippen LogP contribution in [0.5, 0.6) is 5.75 Å². The lowest BCUT2D eigenvalue weighted by molar-refractivity contribution is -0.131. The van der Waals surface area contributed by atoms with Crippen LogP contribution in [-0.4, -0.2) is 5.97 Å². The van der Waals surface area contributed by atoms with Crippen LogP contribution in [0.2, 0.25) is 5.02 Å². The Balaban J connectivity index is 3.08. The molecule has 1 aromatic rings. The van der Waals surface area contributed by atoms with Crippen molar-refractivity contribution in [3.8, 4) is 5.75 Å². The molecule has 0 aliphatic heterocycles. The van der Waals surface area contributed by atoms with E-state index in [1.165, 1.54) is 6.92 Å². The highest BCUT2D eigenvalue weighted by molar-refractivity contribution is 6.30. The Morgan fingerprint density at radius 3 is 2.57 bits per heavy atom. The Morgan fingerprint density at radius 2 is 2.07 bits per heavy atom. The van der Waals surface area contributed by atoms with Crippen molar-refractivity contribution >= 4 is 17.6 Å². The lowest BCUT2D eigenvalue weighted by Gasteiger charge is -2.11. The fourth-order valence-corrected chi connectivity index (χ4v) is 1.40. The summed E-state index contributed by atoms with van der Waals surface area (Å²) in [6.07, 6.45) is 0. The van der Waals surface area contributed by atoms with Gasteiger partial charge in [0.05, 0.1) is 0 Å². The van der Waals surface area contributed by atoms with Crippen molar-refractivity contribution in [2.24, 2.45) is 0 Å². The van der Waals surface area contributed by atoms with Crippen molar-refractivity contribution < 1.29 is 9.53 Å². The van der Waals surface area contributed by atoms with Gasteiger partial charge in [0.25, 0.3) is 0 Å². The van der Waals surface area contributed by atoms with E-state index in [4.69, 9.17) is 16.3 Å². The lowest BCUT2D eigenvalue weighted by Crippen LogP contribution is -2.04. The van der Waals surface area contributed by atoms with Crippen molar-refractivity contribution in [3.63, 3.8) is 0 Å². The van der Waals surface area contributed by atoms with Gasteiger partial charge in [-0.1, -0.05) is 25.4 Å². The standard InChI is InChI=1S/C11H13ClO2/c1-7(2)10-6-9(12)4-5-11(10)14-8(3)13/h4-7H,1-3H3. The first-order valence-corrected chi connectivity index (χ1v) is 4.86. The molecule has 1 aromatic carbocycles. The van der Waals surface area contributed by atoms with E-state index in [0.29, 0.717) is 10.8 Å². The zero-order valence-corrected chi connectivity index (χ0v) is 9.26. The van der Waals surface area contributed by atoms with Crippen molar-refractivity contribution in [2.45, 2.75) is 26.7 Å². The normalized spacial score (nSPS) is 10.4. The van der Waals surface area contributed by atoms with E-state index in [-0.39, 0.29) is 11.9 Å². The molecule has 0 saturated heterocycles. The van der Waals surface area contributed by atoms with Crippen molar-refractivity contribution in [3.05, 3.63) is 28.8 Å². The van der Waals surface area contributed by atoms with Gasteiger partial charge in [0.15, 0.2) is 0 Å². The average Bonchev–Trinajstić information content (AvgIpc) is 2.07. The maximum Gasteiger partial charge on any atom is 0.308 e. The quantitative estimate of drug-likeness (QED) is 0.555. The summed E-state index contributed by atoms with van der Waals surface area (Å²) in [7, 11) is 0. The van der Waals surface area contributed by atoms with Gasteiger partial charge in [-0.25, -0.2) is 0 Å². The number of carbonyl (C=O) groups is 1. The second-order valence-corrected chi connectivity index (χ2v) is 3.87. The number of benzene rings is 1. The van der Waals surface area contributed by atoms with E-state index in [9.17, 15) is 4.79 Å². The monoisotopic (exact) mass is 212 g/mol. The molecule has 0 unspecified atom stereocenters. The van der Waals surface area contributed by atoms with Crippen LogP contribution in [0.25, 0.3) is 0 Å². The van der Waals surface area contributed by atoms with Gasteiger partial charge in [0, 0.05) is 11.9 Å². The van der Waals surface area contributed by atoms with Crippen LogP contribution in [-0.2, 0) is 4.79 Å². The van der Waals surface area contributed by atoms with Gasteiger partial charge in [-0.3, -0.25) is 4.79 Å². The van der Waals surface area contributed by atoms with E-state index in [1.54, 1.807) is 12.1 Å². The Labute approximate surface area is 88.8 Å². The fraction of sp³-hybridized carbons (Fsp3) is 0.364. The predicted molar refractivity (Wildman–Crippen MR) is 56.9 cm³/mol. The minimum Gasteiger partial charge on any atom is -0.426 e. The molecule has 0 bridgehead atoms. The van der Waals surface area contributed by atoms with Gasteiger partial charge in [0.1, 0.15) is 5.75 Å². The number of esters is 1. The molecule has 0 aliphatic rings. The van der Waals surface area contributed by atoms with Gasteiger partial charge >= 0.3 is 5.97 Å². The van der Waals surface area contributed by atoms with Crippen LogP contribution in [0.15, 0.2) is 18.2 Å². The van der Waals surface area contributed by atoms with Crippen LogP contribution < -0.4 is 4.74 Å². The zero-order valence-electron chi connectivity index (χ0n) is 8.50. The van der Waals surface area contributed by atoms with E-state index < -0.39 is 0 Å². The third-order valence-corrected chi connectivity index (χ3v) is 2.08. The molecule has 3 heteroatoms. The number of ether oxygens (including phenoxy) is 1. The molecular formula is C11H13ClO2. The first kappa shape index (κ1) is 11.1. The third-order valence-electron chi connectivity index (χ3n) is 1.85. The molecule has 0 spiro atoms. The molecule has 14 heavy (non-hydrogen) atoms. The van der Waals surface area contributed by atoms with Gasteiger partial charge in [-0.2, -0.15) is 0 Å². The summed E-state index contributed by atoms with van der Waals surface area (Å²) in [5.74, 6) is 0.564. The topological polar surface area (TPSA) is 26.3 Å². The highest BCUT2D eigenvalue weighted by Crippen LogP contribution is 2.29. The smallest absolute Gasteiger partial charge is 0.308 e. The Morgan fingerprint density at radius 1 is 1.43 bits per heavy atom. The molecule has 0 heterocycles. The molecule has 76 valence electrons. The van der Waals surface area contributed by atoms with Crippen LogP contribution in [0.4, 0.5) is 0 Å². The van der Waals surface area contributed by atoms with Crippen molar-refractivity contribution in [1.29, 1.82) is 0 Å². The number of hydrogen-bond donors (Lipinski definition) is 0. The summed E-state index contributed by atoms with van der Waals surface area (Å²) in [5, 5.41) is 0.657. The largest absolute Gasteiger partial charge is 0.426 e. The molecule has 0 N–H and O–H groups in total. The van der Waals surface area contributed by atoms with E-state index in [1.807, 2.05) is 19.9 Å². The molecule has 0 aromatic heterocycles. The summed E-state index contributed by atoms with van der Waals surface area (Å²) in [5.41, 5.74) is 0.952. The number of halogens is 1. The minimum absolute atomic E-state index is 0.281. The highest BCUT2D eigenvalue weighted by Gasteiger charge is 2.09. The Hall–Kier alpha value is -1.02. The van der Waals surface area contributed by atoms with Gasteiger partial charge in [0.2, 0.25) is 0 Å². The number of rotatable bonds is 2. The van der Waals surface area contributed by atoms with Crippen LogP contribution >= 0.6 is 11.6 Å². The molecular weight excluding hydrogens is 200 g/mol. The maximum atomic E-state index is 10.8. The highest BCUT2D eigenvalue weighted by atomic mass is 35.5. The SMILES string of the molecule is CC(=O)Oc1ccc(Cl)cc1C(C)C. The summed E-state index contributed by atoms with van der Waals surface area (Å²) in [6.45, 7) is 5.44. The maximum absolute atomic E-state index is 10.8. The lowest BCUT2D eigenvalue weighted by atomic mass is 10.0. The van der Waals surface area contributed by atoms with Crippen molar-refractivity contribution in [2.75, 3.05) is 0 Å². The molecule has 0 radical (unpaired) electrons. The van der Waals surface area contributed by atoms with E-state index in [2.05, 4.69) is 0 Å². The minimum atomic E-state index is -0.311. The van der Waals surface area contributed by atoms with Crippen LogP contribution in [0.1, 0.15) is 32.3 Å². The molecule has 0 atom stereocenters. The molecule has 0 aliphatic carbocycles. The van der Waals surface area contributed by atoms with Gasteiger partial charge < -0.3 is 4.74 Å². The van der Waals surface area contributed by atoms with Gasteiger partial charge in [-0.05, 0) is 29.7 Å². The predicted octanol–water partition coefficient (Wildman–Crippen LogP) is 3.39. The summed E-state index contributed by atoms with van der Waals surface area (Å²) in [6, 6.07) is 5.26.